The van der Waals surface area contributed by atoms with Crippen LogP contribution in [0.25, 0.3) is 0 Å². The van der Waals surface area contributed by atoms with Crippen LogP contribution in [-0.2, 0) is 4.74 Å². The third kappa shape index (κ3) is 4.69. The van der Waals surface area contributed by atoms with Crippen molar-refractivity contribution in [2.75, 3.05) is 26.3 Å². The van der Waals surface area contributed by atoms with Gasteiger partial charge >= 0.3 is 6.09 Å². The quantitative estimate of drug-likeness (QED) is 0.632. The lowest BCUT2D eigenvalue weighted by molar-refractivity contribution is 0.0210. The summed E-state index contributed by atoms with van der Waals surface area (Å²) in [6.45, 7) is 4.27. The van der Waals surface area contributed by atoms with Crippen molar-refractivity contribution in [2.45, 2.75) is 20.0 Å². The Morgan fingerprint density at radius 2 is 2.00 bits per heavy atom. The summed E-state index contributed by atoms with van der Waals surface area (Å²) < 4.78 is 4.72. The van der Waals surface area contributed by atoms with E-state index in [1.54, 1.807) is 0 Å². The van der Waals surface area contributed by atoms with Gasteiger partial charge in [-0.1, -0.05) is 0 Å². The third-order valence-electron chi connectivity index (χ3n) is 1.63. The molecule has 5 nitrogen and oxygen atoms in total. The Kier molecular flexibility index (Phi) is 6.26. The lowest BCUT2D eigenvalue weighted by Crippen LogP contribution is -2.33. The van der Waals surface area contributed by atoms with Gasteiger partial charge in [0.25, 0.3) is 0 Å². The first-order chi connectivity index (χ1) is 6.15. The normalized spacial score (nSPS) is 12.3. The van der Waals surface area contributed by atoms with Crippen molar-refractivity contribution in [1.29, 1.82) is 0 Å². The van der Waals surface area contributed by atoms with Crippen LogP contribution in [0.5, 0.6) is 0 Å². The minimum atomic E-state index is -0.987. The summed E-state index contributed by atoms with van der Waals surface area (Å²) in [7, 11) is 0. The Hall–Kier alpha value is -0.810. The van der Waals surface area contributed by atoms with Gasteiger partial charge in [-0.25, -0.2) is 4.79 Å². The second-order valence-corrected chi connectivity index (χ2v) is 2.59. The monoisotopic (exact) mass is 191 g/mol. The first-order valence-corrected chi connectivity index (χ1v) is 4.36. The molecule has 2 N–H and O–H groups in total. The van der Waals surface area contributed by atoms with Gasteiger partial charge < -0.3 is 19.8 Å². The molecule has 0 aliphatic carbocycles. The molecule has 0 aromatic rings. The topological polar surface area (TPSA) is 70.0 Å². The summed E-state index contributed by atoms with van der Waals surface area (Å²) in [5.74, 6) is 0. The second-order valence-electron chi connectivity index (χ2n) is 2.59. The number of amides is 1. The molecule has 0 aromatic heterocycles. The minimum absolute atomic E-state index is 0.161. The van der Waals surface area contributed by atoms with E-state index >= 15 is 0 Å². The number of ether oxygens (including phenoxy) is 1. The maximum Gasteiger partial charge on any atom is 0.409 e. The summed E-state index contributed by atoms with van der Waals surface area (Å²) in [4.78, 5) is 12.6. The third-order valence-corrected chi connectivity index (χ3v) is 1.63. The molecule has 0 aliphatic heterocycles. The fraction of sp³-hybridized carbons (Fsp3) is 0.875. The molecule has 0 aromatic carbocycles. The predicted octanol–water partition coefficient (Wildman–Crippen LogP) is -0.182. The number of aliphatic hydroxyl groups excluding tert-OH is 2. The van der Waals surface area contributed by atoms with Gasteiger partial charge in [0.15, 0.2) is 0 Å². The SMILES string of the molecule is CCN(CC)C(=O)OC[C@@H](O)CO. The van der Waals surface area contributed by atoms with Gasteiger partial charge in [-0.2, -0.15) is 0 Å². The van der Waals surface area contributed by atoms with Crippen molar-refractivity contribution in [3.8, 4) is 0 Å². The molecule has 0 aliphatic rings. The summed E-state index contributed by atoms with van der Waals surface area (Å²) in [6, 6.07) is 0. The molecule has 0 spiro atoms. The van der Waals surface area contributed by atoms with Crippen LogP contribution in [0.4, 0.5) is 4.79 Å². The average molecular weight is 191 g/mol. The molecule has 0 unspecified atom stereocenters. The van der Waals surface area contributed by atoms with Gasteiger partial charge in [0.2, 0.25) is 0 Å². The number of hydrogen-bond donors (Lipinski definition) is 2. The van der Waals surface area contributed by atoms with Gasteiger partial charge in [-0.3, -0.25) is 0 Å². The van der Waals surface area contributed by atoms with Crippen molar-refractivity contribution in [3.05, 3.63) is 0 Å². The molecule has 1 atom stereocenters. The van der Waals surface area contributed by atoms with E-state index in [1.165, 1.54) is 4.90 Å². The molecule has 0 radical (unpaired) electrons. The van der Waals surface area contributed by atoms with E-state index in [-0.39, 0.29) is 6.61 Å². The standard InChI is InChI=1S/C8H17NO4/c1-3-9(4-2)8(12)13-6-7(11)5-10/h7,10-11H,3-6H2,1-2H3/t7-/m0/s1. The fourth-order valence-electron chi connectivity index (χ4n) is 0.793. The highest BCUT2D eigenvalue weighted by atomic mass is 16.6. The van der Waals surface area contributed by atoms with E-state index in [2.05, 4.69) is 0 Å². The number of hydrogen-bond acceptors (Lipinski definition) is 4. The van der Waals surface area contributed by atoms with Crippen LogP contribution in [0.15, 0.2) is 0 Å². The van der Waals surface area contributed by atoms with E-state index in [0.29, 0.717) is 13.1 Å². The summed E-state index contributed by atoms with van der Waals surface area (Å²) in [6.07, 6.45) is -1.45. The van der Waals surface area contributed by atoms with Gasteiger partial charge in [0.05, 0.1) is 6.61 Å². The highest BCUT2D eigenvalue weighted by Crippen LogP contribution is 1.94. The smallest absolute Gasteiger partial charge is 0.409 e. The molecular formula is C8H17NO4. The maximum absolute atomic E-state index is 11.1. The Labute approximate surface area is 77.9 Å². The number of rotatable bonds is 5. The van der Waals surface area contributed by atoms with Crippen LogP contribution in [0.3, 0.4) is 0 Å². The van der Waals surface area contributed by atoms with E-state index in [4.69, 9.17) is 14.9 Å². The molecule has 13 heavy (non-hydrogen) atoms. The lowest BCUT2D eigenvalue weighted by atomic mass is 10.4. The molecule has 0 saturated carbocycles. The van der Waals surface area contributed by atoms with Crippen molar-refractivity contribution < 1.29 is 19.7 Å². The summed E-state index contributed by atoms with van der Waals surface area (Å²) >= 11 is 0. The van der Waals surface area contributed by atoms with Crippen molar-refractivity contribution in [3.63, 3.8) is 0 Å². The second kappa shape index (κ2) is 6.68. The number of aliphatic hydroxyl groups is 2. The average Bonchev–Trinajstić information content (AvgIpc) is 2.16. The molecule has 1 amide bonds. The van der Waals surface area contributed by atoms with E-state index in [9.17, 15) is 4.79 Å². The molecule has 0 rings (SSSR count). The van der Waals surface area contributed by atoms with Crippen molar-refractivity contribution in [1.82, 2.24) is 4.90 Å². The minimum Gasteiger partial charge on any atom is -0.447 e. The van der Waals surface area contributed by atoms with E-state index in [0.717, 1.165) is 0 Å². The van der Waals surface area contributed by atoms with E-state index in [1.807, 2.05) is 13.8 Å². The van der Waals surface area contributed by atoms with Crippen LogP contribution in [0, 0.1) is 0 Å². The van der Waals surface area contributed by atoms with Crippen molar-refractivity contribution in [2.24, 2.45) is 0 Å². The first-order valence-electron chi connectivity index (χ1n) is 4.36. The first kappa shape index (κ1) is 12.2. The van der Waals surface area contributed by atoms with Gasteiger partial charge in [0.1, 0.15) is 12.7 Å². The summed E-state index contributed by atoms with van der Waals surface area (Å²) in [5, 5.41) is 17.3. The Bertz CT molecular complexity index is 147. The van der Waals surface area contributed by atoms with Crippen molar-refractivity contribution >= 4 is 6.09 Å². The molecule has 0 heterocycles. The Balaban J connectivity index is 3.72. The van der Waals surface area contributed by atoms with Gasteiger partial charge in [-0.15, -0.1) is 0 Å². The molecule has 5 heteroatoms. The fourth-order valence-corrected chi connectivity index (χ4v) is 0.793. The molecule has 0 saturated heterocycles. The molecule has 78 valence electrons. The van der Waals surface area contributed by atoms with E-state index < -0.39 is 18.8 Å². The lowest BCUT2D eigenvalue weighted by Gasteiger charge is -2.18. The van der Waals surface area contributed by atoms with Crippen LogP contribution < -0.4 is 0 Å². The number of nitrogens with zero attached hydrogens (tertiary/aromatic N) is 1. The van der Waals surface area contributed by atoms with Gasteiger partial charge in [-0.05, 0) is 13.8 Å². The largest absolute Gasteiger partial charge is 0.447 e. The molecule has 0 bridgehead atoms. The Morgan fingerprint density at radius 1 is 1.46 bits per heavy atom. The highest BCUT2D eigenvalue weighted by Gasteiger charge is 2.12. The summed E-state index contributed by atoms with van der Waals surface area (Å²) in [5.41, 5.74) is 0. The highest BCUT2D eigenvalue weighted by molar-refractivity contribution is 5.67. The van der Waals surface area contributed by atoms with Crippen LogP contribution >= 0.6 is 0 Å². The molecule has 0 fully saturated rings. The number of carbonyl (C=O) groups excluding carboxylic acids is 1. The number of carbonyl (C=O) groups is 1. The zero-order valence-corrected chi connectivity index (χ0v) is 8.06. The van der Waals surface area contributed by atoms with Crippen LogP contribution in [-0.4, -0.2) is 53.6 Å². The van der Waals surface area contributed by atoms with Gasteiger partial charge in [0, 0.05) is 13.1 Å². The predicted molar refractivity (Wildman–Crippen MR) is 47.4 cm³/mol. The van der Waals surface area contributed by atoms with Crippen LogP contribution in [0.2, 0.25) is 0 Å². The molecular weight excluding hydrogens is 174 g/mol. The zero-order valence-electron chi connectivity index (χ0n) is 8.06. The van der Waals surface area contributed by atoms with Crippen LogP contribution in [0.1, 0.15) is 13.8 Å². The maximum atomic E-state index is 11.1. The zero-order chi connectivity index (χ0) is 10.3. The Morgan fingerprint density at radius 3 is 2.38 bits per heavy atom.